The van der Waals surface area contributed by atoms with Gasteiger partial charge in [-0.15, -0.1) is 0 Å². The Morgan fingerprint density at radius 2 is 1.67 bits per heavy atom. The number of Topliss-reactive ketones (excluding diaryl/α,β-unsaturated/α-hetero) is 1. The average Bonchev–Trinajstić information content (AvgIpc) is 2.42. The molecule has 92 valence electrons. The lowest BCUT2D eigenvalue weighted by atomic mass is 10.1. The maximum Gasteiger partial charge on any atom is 0.166 e. The van der Waals surface area contributed by atoms with Crippen molar-refractivity contribution in [2.75, 3.05) is 6.61 Å². The third kappa shape index (κ3) is 3.42. The molecule has 0 aliphatic carbocycles. The first kappa shape index (κ1) is 12.3. The summed E-state index contributed by atoms with van der Waals surface area (Å²) in [5.41, 5.74) is 0.681. The summed E-state index contributed by atoms with van der Waals surface area (Å²) >= 11 is 0. The van der Waals surface area contributed by atoms with Gasteiger partial charge >= 0.3 is 0 Å². The van der Waals surface area contributed by atoms with Crippen molar-refractivity contribution in [1.29, 1.82) is 0 Å². The van der Waals surface area contributed by atoms with E-state index in [2.05, 4.69) is 0 Å². The molecule has 0 heterocycles. The zero-order valence-electron chi connectivity index (χ0n) is 9.80. The second-order valence-corrected chi connectivity index (χ2v) is 3.84. The van der Waals surface area contributed by atoms with Gasteiger partial charge in [0.25, 0.3) is 0 Å². The predicted molar refractivity (Wildman–Crippen MR) is 67.3 cm³/mol. The van der Waals surface area contributed by atoms with Crippen molar-refractivity contribution in [3.63, 3.8) is 0 Å². The molecule has 0 unspecified atom stereocenters. The van der Waals surface area contributed by atoms with E-state index >= 15 is 0 Å². The molecular weight excluding hydrogens is 231 g/mol. The van der Waals surface area contributed by atoms with E-state index in [0.717, 1.165) is 0 Å². The highest BCUT2D eigenvalue weighted by atomic mass is 19.1. The third-order valence-corrected chi connectivity index (χ3v) is 2.51. The molecule has 2 rings (SSSR count). The molecule has 2 nitrogen and oxygen atoms in total. The smallest absolute Gasteiger partial charge is 0.166 e. The summed E-state index contributed by atoms with van der Waals surface area (Å²) < 4.78 is 18.0. The molecule has 3 heteroatoms. The molecule has 0 spiro atoms. The normalized spacial score (nSPS) is 10.1. The summed E-state index contributed by atoms with van der Waals surface area (Å²) in [6.07, 6.45) is 0.307. The van der Waals surface area contributed by atoms with Crippen LogP contribution in [0, 0.1) is 5.82 Å². The first-order valence-corrected chi connectivity index (χ1v) is 5.72. The van der Waals surface area contributed by atoms with Crippen LogP contribution in [-0.2, 0) is 0 Å². The van der Waals surface area contributed by atoms with E-state index < -0.39 is 0 Å². The quantitative estimate of drug-likeness (QED) is 0.753. The minimum atomic E-state index is -0.303. The molecule has 0 fully saturated rings. The highest BCUT2D eigenvalue weighted by Gasteiger charge is 2.05. The number of rotatable bonds is 5. The molecule has 0 bridgehead atoms. The Labute approximate surface area is 105 Å². The number of benzene rings is 2. The first-order valence-electron chi connectivity index (χ1n) is 5.72. The van der Waals surface area contributed by atoms with Gasteiger partial charge in [0.1, 0.15) is 11.6 Å². The summed E-state index contributed by atoms with van der Waals surface area (Å²) in [6.45, 7) is 0.291. The number of carbonyl (C=O) groups is 1. The largest absolute Gasteiger partial charge is 0.493 e. The van der Waals surface area contributed by atoms with Crippen LogP contribution in [0.3, 0.4) is 0 Å². The van der Waals surface area contributed by atoms with Gasteiger partial charge in [0.15, 0.2) is 5.78 Å². The molecule has 2 aromatic rings. The number of halogens is 1. The number of ketones is 1. The fourth-order valence-electron chi connectivity index (χ4n) is 1.56. The minimum Gasteiger partial charge on any atom is -0.493 e. The lowest BCUT2D eigenvalue weighted by Crippen LogP contribution is -2.06. The third-order valence-electron chi connectivity index (χ3n) is 2.51. The molecule has 0 aliphatic rings. The monoisotopic (exact) mass is 244 g/mol. The van der Waals surface area contributed by atoms with Crippen molar-refractivity contribution >= 4 is 5.78 Å². The van der Waals surface area contributed by atoms with Crippen LogP contribution >= 0.6 is 0 Å². The summed E-state index contributed by atoms with van der Waals surface area (Å²) in [6, 6.07) is 14.8. The molecule has 0 atom stereocenters. The summed E-state index contributed by atoms with van der Waals surface area (Å²) in [4.78, 5) is 11.7. The zero-order valence-corrected chi connectivity index (χ0v) is 9.80. The highest BCUT2D eigenvalue weighted by molar-refractivity contribution is 5.96. The second kappa shape index (κ2) is 5.96. The van der Waals surface area contributed by atoms with Gasteiger partial charge in [-0.3, -0.25) is 4.79 Å². The molecule has 2 aromatic carbocycles. The Morgan fingerprint density at radius 1 is 1.00 bits per heavy atom. The fraction of sp³-hybridized carbons (Fsp3) is 0.133. The Morgan fingerprint density at radius 3 is 2.33 bits per heavy atom. The SMILES string of the molecule is O=C(CCOc1ccc(F)cc1)c1ccccc1. The molecule has 0 amide bonds. The van der Waals surface area contributed by atoms with Crippen molar-refractivity contribution in [3.05, 3.63) is 66.0 Å². The number of carbonyl (C=O) groups excluding carboxylic acids is 1. The van der Waals surface area contributed by atoms with Crippen LogP contribution < -0.4 is 4.74 Å². The molecule has 0 saturated heterocycles. The predicted octanol–water partition coefficient (Wildman–Crippen LogP) is 3.48. The summed E-state index contributed by atoms with van der Waals surface area (Å²) in [5, 5.41) is 0. The lowest BCUT2D eigenvalue weighted by Gasteiger charge is -2.05. The van der Waals surface area contributed by atoms with E-state index in [0.29, 0.717) is 24.3 Å². The van der Waals surface area contributed by atoms with Crippen molar-refractivity contribution in [3.8, 4) is 5.75 Å². The second-order valence-electron chi connectivity index (χ2n) is 3.84. The van der Waals surface area contributed by atoms with Crippen LogP contribution in [0.4, 0.5) is 4.39 Å². The van der Waals surface area contributed by atoms with E-state index in [4.69, 9.17) is 4.74 Å². The molecule has 0 N–H and O–H groups in total. The number of hydrogen-bond donors (Lipinski definition) is 0. The molecule has 0 radical (unpaired) electrons. The number of ether oxygens (including phenoxy) is 1. The van der Waals surface area contributed by atoms with Gasteiger partial charge in [0, 0.05) is 12.0 Å². The van der Waals surface area contributed by atoms with Gasteiger partial charge in [-0.25, -0.2) is 4.39 Å². The fourth-order valence-corrected chi connectivity index (χ4v) is 1.56. The standard InChI is InChI=1S/C15H13FO2/c16-13-6-8-14(9-7-13)18-11-10-15(17)12-4-2-1-3-5-12/h1-9H,10-11H2. The van der Waals surface area contributed by atoms with Crippen molar-refractivity contribution < 1.29 is 13.9 Å². The van der Waals surface area contributed by atoms with Crippen LogP contribution in [0.1, 0.15) is 16.8 Å². The Balaban J connectivity index is 1.82. The van der Waals surface area contributed by atoms with Crippen LogP contribution in [0.15, 0.2) is 54.6 Å². The van der Waals surface area contributed by atoms with Gasteiger partial charge in [-0.2, -0.15) is 0 Å². The Hall–Kier alpha value is -2.16. The Kier molecular flexibility index (Phi) is 4.07. The maximum absolute atomic E-state index is 12.6. The van der Waals surface area contributed by atoms with Crippen LogP contribution in [0.25, 0.3) is 0 Å². The van der Waals surface area contributed by atoms with Crippen molar-refractivity contribution in [1.82, 2.24) is 0 Å². The first-order chi connectivity index (χ1) is 8.75. The van der Waals surface area contributed by atoms with Gasteiger partial charge < -0.3 is 4.74 Å². The van der Waals surface area contributed by atoms with Crippen LogP contribution in [0.2, 0.25) is 0 Å². The molecule has 0 aliphatic heterocycles. The van der Waals surface area contributed by atoms with Gasteiger partial charge in [0.2, 0.25) is 0 Å². The number of hydrogen-bond acceptors (Lipinski definition) is 2. The lowest BCUT2D eigenvalue weighted by molar-refractivity contribution is 0.0962. The van der Waals surface area contributed by atoms with E-state index in [1.807, 2.05) is 18.2 Å². The van der Waals surface area contributed by atoms with E-state index in [-0.39, 0.29) is 11.6 Å². The van der Waals surface area contributed by atoms with E-state index in [9.17, 15) is 9.18 Å². The molecular formula is C15H13FO2. The average molecular weight is 244 g/mol. The van der Waals surface area contributed by atoms with Gasteiger partial charge in [-0.1, -0.05) is 30.3 Å². The maximum atomic E-state index is 12.6. The molecule has 0 aromatic heterocycles. The van der Waals surface area contributed by atoms with E-state index in [1.165, 1.54) is 12.1 Å². The van der Waals surface area contributed by atoms with Crippen LogP contribution in [0.5, 0.6) is 5.75 Å². The highest BCUT2D eigenvalue weighted by Crippen LogP contribution is 2.12. The summed E-state index contributed by atoms with van der Waals surface area (Å²) in [5.74, 6) is 0.303. The van der Waals surface area contributed by atoms with Crippen molar-refractivity contribution in [2.45, 2.75) is 6.42 Å². The minimum absolute atomic E-state index is 0.0395. The summed E-state index contributed by atoms with van der Waals surface area (Å²) in [7, 11) is 0. The zero-order chi connectivity index (χ0) is 12.8. The molecule has 18 heavy (non-hydrogen) atoms. The Bertz CT molecular complexity index is 506. The topological polar surface area (TPSA) is 26.3 Å². The van der Waals surface area contributed by atoms with Crippen molar-refractivity contribution in [2.24, 2.45) is 0 Å². The van der Waals surface area contributed by atoms with Crippen LogP contribution in [-0.4, -0.2) is 12.4 Å². The van der Waals surface area contributed by atoms with Gasteiger partial charge in [0.05, 0.1) is 6.61 Å². The molecule has 0 saturated carbocycles. The van der Waals surface area contributed by atoms with Gasteiger partial charge in [-0.05, 0) is 24.3 Å². The van der Waals surface area contributed by atoms with E-state index in [1.54, 1.807) is 24.3 Å².